The summed E-state index contributed by atoms with van der Waals surface area (Å²) in [7, 11) is 0. The molecule has 1 unspecified atom stereocenters. The summed E-state index contributed by atoms with van der Waals surface area (Å²) in [6.45, 7) is 6.22. The first-order valence-corrected chi connectivity index (χ1v) is 8.33. The smallest absolute Gasteiger partial charge is 0.408 e. The van der Waals surface area contributed by atoms with Crippen molar-refractivity contribution in [2.24, 2.45) is 0 Å². The fraction of sp³-hybridized carbons (Fsp3) is 0.556. The molecule has 2 rings (SSSR count). The standard InChI is InChI=1S/C18H26N2O4/c1-18(2,3)24-17(22)19-15-11-7-8-12-20(16(15)21)23-13-14-9-5-4-6-10-14/h4-6,9-10,15H,7-8,11-13H2,1-3H3,(H,19,22). The maximum absolute atomic E-state index is 12.6. The molecule has 0 radical (unpaired) electrons. The van der Waals surface area contributed by atoms with Gasteiger partial charge in [-0.1, -0.05) is 30.3 Å². The summed E-state index contributed by atoms with van der Waals surface area (Å²) < 4.78 is 5.23. The van der Waals surface area contributed by atoms with E-state index in [-0.39, 0.29) is 5.91 Å². The summed E-state index contributed by atoms with van der Waals surface area (Å²) in [6, 6.07) is 9.06. The van der Waals surface area contributed by atoms with Gasteiger partial charge in [-0.2, -0.15) is 0 Å². The van der Waals surface area contributed by atoms with Crippen molar-refractivity contribution < 1.29 is 19.2 Å². The van der Waals surface area contributed by atoms with E-state index in [2.05, 4.69) is 5.32 Å². The summed E-state index contributed by atoms with van der Waals surface area (Å²) in [5.41, 5.74) is 0.396. The number of rotatable bonds is 4. The van der Waals surface area contributed by atoms with Crippen LogP contribution in [0.2, 0.25) is 0 Å². The first kappa shape index (κ1) is 18.3. The zero-order chi connectivity index (χ0) is 17.6. The molecule has 1 aliphatic heterocycles. The van der Waals surface area contributed by atoms with Gasteiger partial charge in [-0.3, -0.25) is 9.63 Å². The molecule has 0 bridgehead atoms. The third kappa shape index (κ3) is 5.85. The van der Waals surface area contributed by atoms with Gasteiger partial charge in [-0.15, -0.1) is 0 Å². The number of carbonyl (C=O) groups excluding carboxylic acids is 2. The highest BCUT2D eigenvalue weighted by molar-refractivity contribution is 5.85. The number of nitrogens with zero attached hydrogens (tertiary/aromatic N) is 1. The van der Waals surface area contributed by atoms with Gasteiger partial charge in [0.1, 0.15) is 18.2 Å². The second-order valence-corrected chi connectivity index (χ2v) is 6.89. The Bertz CT molecular complexity index is 554. The van der Waals surface area contributed by atoms with Crippen LogP contribution in [0.3, 0.4) is 0 Å². The summed E-state index contributed by atoms with van der Waals surface area (Å²) in [6.07, 6.45) is 1.69. The van der Waals surface area contributed by atoms with Crippen molar-refractivity contribution in [1.82, 2.24) is 10.4 Å². The molecule has 1 fully saturated rings. The lowest BCUT2D eigenvalue weighted by atomic mass is 10.1. The van der Waals surface area contributed by atoms with Crippen molar-refractivity contribution >= 4 is 12.0 Å². The molecular weight excluding hydrogens is 308 g/mol. The quantitative estimate of drug-likeness (QED) is 0.919. The molecule has 1 N–H and O–H groups in total. The number of nitrogens with one attached hydrogen (secondary N) is 1. The number of hydrogen-bond acceptors (Lipinski definition) is 4. The van der Waals surface area contributed by atoms with Crippen LogP contribution >= 0.6 is 0 Å². The van der Waals surface area contributed by atoms with Crippen LogP contribution in [0.4, 0.5) is 4.79 Å². The molecule has 0 saturated carbocycles. The molecule has 1 aromatic carbocycles. The molecule has 1 saturated heterocycles. The Morgan fingerprint density at radius 1 is 1.25 bits per heavy atom. The fourth-order valence-corrected chi connectivity index (χ4v) is 2.45. The number of carbonyl (C=O) groups is 2. The van der Waals surface area contributed by atoms with E-state index in [1.807, 2.05) is 30.3 Å². The monoisotopic (exact) mass is 334 g/mol. The van der Waals surface area contributed by atoms with Gasteiger partial charge in [0.15, 0.2) is 0 Å². The fourth-order valence-electron chi connectivity index (χ4n) is 2.45. The van der Waals surface area contributed by atoms with Crippen molar-refractivity contribution in [3.63, 3.8) is 0 Å². The number of ether oxygens (including phenoxy) is 1. The minimum Gasteiger partial charge on any atom is -0.444 e. The number of benzene rings is 1. The highest BCUT2D eigenvalue weighted by Crippen LogP contribution is 2.15. The van der Waals surface area contributed by atoms with E-state index in [9.17, 15) is 9.59 Å². The van der Waals surface area contributed by atoms with Gasteiger partial charge in [0.05, 0.1) is 0 Å². The van der Waals surface area contributed by atoms with Gasteiger partial charge < -0.3 is 10.1 Å². The third-order valence-corrected chi connectivity index (χ3v) is 3.57. The molecule has 1 atom stereocenters. The van der Waals surface area contributed by atoms with Gasteiger partial charge in [0.25, 0.3) is 5.91 Å². The van der Waals surface area contributed by atoms with Gasteiger partial charge in [-0.25, -0.2) is 9.86 Å². The van der Waals surface area contributed by atoms with Crippen molar-refractivity contribution in [2.45, 2.75) is 58.3 Å². The Kier molecular flexibility index (Phi) is 6.20. The van der Waals surface area contributed by atoms with Gasteiger partial charge in [0, 0.05) is 6.54 Å². The van der Waals surface area contributed by atoms with Crippen LogP contribution < -0.4 is 5.32 Å². The maximum Gasteiger partial charge on any atom is 0.408 e. The first-order valence-electron chi connectivity index (χ1n) is 8.33. The lowest BCUT2D eigenvalue weighted by Crippen LogP contribution is -2.48. The minimum atomic E-state index is -0.613. The number of hydroxylamine groups is 2. The predicted molar refractivity (Wildman–Crippen MR) is 90.0 cm³/mol. The van der Waals surface area contributed by atoms with Gasteiger partial charge in [-0.05, 0) is 45.6 Å². The average molecular weight is 334 g/mol. The zero-order valence-corrected chi connectivity index (χ0v) is 14.6. The normalized spacial score (nSPS) is 18.9. The number of alkyl carbamates (subject to hydrolysis) is 1. The Hall–Kier alpha value is -2.08. The predicted octanol–water partition coefficient (Wildman–Crippen LogP) is 3.02. The third-order valence-electron chi connectivity index (χ3n) is 3.57. The van der Waals surface area contributed by atoms with E-state index in [1.54, 1.807) is 20.8 Å². The Balaban J connectivity index is 1.93. The molecule has 1 heterocycles. The summed E-state index contributed by atoms with van der Waals surface area (Å²) >= 11 is 0. The molecule has 0 aliphatic carbocycles. The van der Waals surface area contributed by atoms with E-state index < -0.39 is 17.7 Å². The molecule has 0 aromatic heterocycles. The molecule has 0 spiro atoms. The number of hydrogen-bond donors (Lipinski definition) is 1. The SMILES string of the molecule is CC(C)(C)OC(=O)NC1CCCCN(OCc2ccccc2)C1=O. The molecule has 1 aromatic rings. The second-order valence-electron chi connectivity index (χ2n) is 6.89. The van der Waals surface area contributed by atoms with E-state index in [4.69, 9.17) is 9.57 Å². The largest absolute Gasteiger partial charge is 0.444 e. The topological polar surface area (TPSA) is 67.9 Å². The summed E-state index contributed by atoms with van der Waals surface area (Å²) in [5.74, 6) is -0.228. The van der Waals surface area contributed by atoms with E-state index >= 15 is 0 Å². The van der Waals surface area contributed by atoms with Crippen molar-refractivity contribution in [1.29, 1.82) is 0 Å². The van der Waals surface area contributed by atoms with Crippen molar-refractivity contribution in [3.05, 3.63) is 35.9 Å². The minimum absolute atomic E-state index is 0.228. The van der Waals surface area contributed by atoms with Crippen LogP contribution in [0.5, 0.6) is 0 Å². The summed E-state index contributed by atoms with van der Waals surface area (Å²) in [4.78, 5) is 30.2. The Morgan fingerprint density at radius 2 is 1.96 bits per heavy atom. The molecule has 6 nitrogen and oxygen atoms in total. The lowest BCUT2D eigenvalue weighted by Gasteiger charge is -2.25. The highest BCUT2D eigenvalue weighted by atomic mass is 16.7. The molecular formula is C18H26N2O4. The van der Waals surface area contributed by atoms with Crippen LogP contribution in [0.25, 0.3) is 0 Å². The van der Waals surface area contributed by atoms with Gasteiger partial charge in [0.2, 0.25) is 0 Å². The molecule has 2 amide bonds. The van der Waals surface area contributed by atoms with Crippen LogP contribution in [-0.4, -0.2) is 35.3 Å². The number of amides is 2. The van der Waals surface area contributed by atoms with Crippen molar-refractivity contribution in [2.75, 3.05) is 6.54 Å². The highest BCUT2D eigenvalue weighted by Gasteiger charge is 2.30. The zero-order valence-electron chi connectivity index (χ0n) is 14.6. The Labute approximate surface area is 143 Å². The second kappa shape index (κ2) is 8.15. The van der Waals surface area contributed by atoms with E-state index in [0.29, 0.717) is 19.6 Å². The molecule has 1 aliphatic rings. The van der Waals surface area contributed by atoms with Crippen LogP contribution in [-0.2, 0) is 21.0 Å². The maximum atomic E-state index is 12.6. The summed E-state index contributed by atoms with van der Waals surface area (Å²) in [5, 5.41) is 4.02. The van der Waals surface area contributed by atoms with Crippen LogP contribution in [0.15, 0.2) is 30.3 Å². The van der Waals surface area contributed by atoms with Crippen LogP contribution in [0.1, 0.15) is 45.6 Å². The van der Waals surface area contributed by atoms with E-state index in [0.717, 1.165) is 18.4 Å². The molecule has 132 valence electrons. The van der Waals surface area contributed by atoms with Gasteiger partial charge >= 0.3 is 6.09 Å². The molecule has 6 heteroatoms. The molecule has 24 heavy (non-hydrogen) atoms. The van der Waals surface area contributed by atoms with Crippen molar-refractivity contribution in [3.8, 4) is 0 Å². The van der Waals surface area contributed by atoms with Crippen LogP contribution in [0, 0.1) is 0 Å². The van der Waals surface area contributed by atoms with E-state index in [1.165, 1.54) is 5.06 Å². The Morgan fingerprint density at radius 3 is 2.62 bits per heavy atom. The lowest BCUT2D eigenvalue weighted by molar-refractivity contribution is -0.192. The first-order chi connectivity index (χ1) is 11.3. The average Bonchev–Trinajstić information content (AvgIpc) is 2.67.